The van der Waals surface area contributed by atoms with Crippen LogP contribution < -0.4 is 15.1 Å². The summed E-state index contributed by atoms with van der Waals surface area (Å²) in [5.74, 6) is 1.59. The first-order valence-electron chi connectivity index (χ1n) is 8.03. The first-order valence-corrected chi connectivity index (χ1v) is 8.03. The molecule has 24 heavy (non-hydrogen) atoms. The molecule has 0 amide bonds. The third-order valence-corrected chi connectivity index (χ3v) is 3.55. The number of aryl methyl sites for hydroxylation is 1. The Labute approximate surface area is 141 Å². The summed E-state index contributed by atoms with van der Waals surface area (Å²) in [7, 11) is 3.06. The molecule has 1 aromatic carbocycles. The average molecular weight is 336 g/mol. The van der Waals surface area contributed by atoms with Crippen molar-refractivity contribution in [3.05, 3.63) is 34.4 Å². The van der Waals surface area contributed by atoms with Crippen molar-refractivity contribution in [3.63, 3.8) is 0 Å². The highest BCUT2D eigenvalue weighted by molar-refractivity contribution is 5.88. The fourth-order valence-corrected chi connectivity index (χ4v) is 2.43. The SMILES string of the molecule is CCCCCc1cc2cc(OCOC)cc(OCOC)c2c(=O)o1. The minimum Gasteiger partial charge on any atom is -0.467 e. The third-order valence-electron chi connectivity index (χ3n) is 3.55. The molecule has 0 unspecified atom stereocenters. The number of hydrogen-bond donors (Lipinski definition) is 0. The van der Waals surface area contributed by atoms with Crippen LogP contribution in [0.25, 0.3) is 10.8 Å². The molecule has 132 valence electrons. The van der Waals surface area contributed by atoms with Gasteiger partial charge in [-0.3, -0.25) is 0 Å². The van der Waals surface area contributed by atoms with Crippen LogP contribution >= 0.6 is 0 Å². The maximum absolute atomic E-state index is 12.4. The molecule has 1 aromatic heterocycles. The van der Waals surface area contributed by atoms with Crippen molar-refractivity contribution in [2.75, 3.05) is 27.8 Å². The quantitative estimate of drug-likeness (QED) is 0.489. The highest BCUT2D eigenvalue weighted by atomic mass is 16.7. The van der Waals surface area contributed by atoms with Crippen LogP contribution in [0.4, 0.5) is 0 Å². The summed E-state index contributed by atoms with van der Waals surface area (Å²) < 4.78 is 26.3. The van der Waals surface area contributed by atoms with Gasteiger partial charge in [0.05, 0.1) is 0 Å². The van der Waals surface area contributed by atoms with E-state index in [9.17, 15) is 4.79 Å². The summed E-state index contributed by atoms with van der Waals surface area (Å²) in [6, 6.07) is 5.29. The largest absolute Gasteiger partial charge is 0.467 e. The summed E-state index contributed by atoms with van der Waals surface area (Å²) in [5.41, 5.74) is -0.414. The highest BCUT2D eigenvalue weighted by Crippen LogP contribution is 2.30. The Morgan fingerprint density at radius 1 is 1.00 bits per heavy atom. The molecule has 0 N–H and O–H groups in total. The number of rotatable bonds is 10. The molecule has 0 fully saturated rings. The molecule has 0 bridgehead atoms. The fraction of sp³-hybridized carbons (Fsp3) is 0.500. The van der Waals surface area contributed by atoms with E-state index in [1.807, 2.05) is 6.07 Å². The summed E-state index contributed by atoms with van der Waals surface area (Å²) in [4.78, 5) is 12.4. The van der Waals surface area contributed by atoms with Crippen LogP contribution in [0, 0.1) is 0 Å². The fourth-order valence-electron chi connectivity index (χ4n) is 2.43. The van der Waals surface area contributed by atoms with E-state index in [-0.39, 0.29) is 13.6 Å². The Bertz CT molecular complexity index is 706. The number of ether oxygens (including phenoxy) is 4. The smallest absolute Gasteiger partial charge is 0.347 e. The van der Waals surface area contributed by atoms with E-state index in [0.717, 1.165) is 31.1 Å². The Morgan fingerprint density at radius 3 is 2.46 bits per heavy atom. The number of benzene rings is 1. The van der Waals surface area contributed by atoms with Gasteiger partial charge in [-0.25, -0.2) is 4.79 Å². The topological polar surface area (TPSA) is 67.1 Å². The van der Waals surface area contributed by atoms with E-state index in [1.165, 1.54) is 7.11 Å². The molecule has 0 aliphatic carbocycles. The Morgan fingerprint density at radius 2 is 1.75 bits per heavy atom. The van der Waals surface area contributed by atoms with Gasteiger partial charge in [0, 0.05) is 26.7 Å². The lowest BCUT2D eigenvalue weighted by molar-refractivity contribution is 0.0468. The minimum atomic E-state index is -0.414. The maximum atomic E-state index is 12.4. The molecule has 0 saturated heterocycles. The summed E-state index contributed by atoms with van der Waals surface area (Å²) in [5, 5.41) is 1.11. The Kier molecular flexibility index (Phi) is 7.08. The number of methoxy groups -OCH3 is 2. The zero-order valence-corrected chi connectivity index (χ0v) is 14.4. The summed E-state index contributed by atoms with van der Waals surface area (Å²) in [6.45, 7) is 2.27. The van der Waals surface area contributed by atoms with Crippen LogP contribution in [0.3, 0.4) is 0 Å². The van der Waals surface area contributed by atoms with Gasteiger partial charge in [-0.05, 0) is 23.9 Å². The summed E-state index contributed by atoms with van der Waals surface area (Å²) >= 11 is 0. The number of unbranched alkanes of at least 4 members (excludes halogenated alkanes) is 2. The van der Waals surface area contributed by atoms with Gasteiger partial charge in [-0.1, -0.05) is 19.8 Å². The zero-order valence-electron chi connectivity index (χ0n) is 14.4. The van der Waals surface area contributed by atoms with E-state index in [0.29, 0.717) is 22.6 Å². The molecule has 2 aromatic rings. The lowest BCUT2D eigenvalue weighted by Crippen LogP contribution is -2.08. The van der Waals surface area contributed by atoms with Crippen molar-refractivity contribution < 1.29 is 23.4 Å². The van der Waals surface area contributed by atoms with Gasteiger partial charge in [-0.15, -0.1) is 0 Å². The van der Waals surface area contributed by atoms with Crippen molar-refractivity contribution in [3.8, 4) is 11.5 Å². The second-order valence-corrected chi connectivity index (χ2v) is 5.44. The van der Waals surface area contributed by atoms with E-state index in [1.54, 1.807) is 19.2 Å². The monoisotopic (exact) mass is 336 g/mol. The zero-order chi connectivity index (χ0) is 17.4. The van der Waals surface area contributed by atoms with Gasteiger partial charge in [0.25, 0.3) is 0 Å². The predicted molar refractivity (Wildman–Crippen MR) is 90.7 cm³/mol. The Balaban J connectivity index is 2.42. The molecule has 1 heterocycles. The van der Waals surface area contributed by atoms with Crippen LogP contribution in [-0.2, 0) is 15.9 Å². The molecule has 6 nitrogen and oxygen atoms in total. The second kappa shape index (κ2) is 9.30. The van der Waals surface area contributed by atoms with Gasteiger partial charge in [0.15, 0.2) is 13.6 Å². The van der Waals surface area contributed by atoms with Crippen molar-refractivity contribution in [2.45, 2.75) is 32.6 Å². The maximum Gasteiger partial charge on any atom is 0.347 e. The van der Waals surface area contributed by atoms with Gasteiger partial charge in [0.2, 0.25) is 0 Å². The molecule has 6 heteroatoms. The molecular weight excluding hydrogens is 312 g/mol. The van der Waals surface area contributed by atoms with Crippen LogP contribution in [-0.4, -0.2) is 27.8 Å². The van der Waals surface area contributed by atoms with E-state index in [4.69, 9.17) is 23.4 Å². The molecule has 0 aliphatic rings. The van der Waals surface area contributed by atoms with Gasteiger partial charge in [-0.2, -0.15) is 0 Å². The second-order valence-electron chi connectivity index (χ2n) is 5.44. The van der Waals surface area contributed by atoms with Crippen molar-refractivity contribution in [1.82, 2.24) is 0 Å². The molecule has 0 spiro atoms. The van der Waals surface area contributed by atoms with Gasteiger partial charge in [0.1, 0.15) is 22.6 Å². The molecule has 0 aliphatic heterocycles. The van der Waals surface area contributed by atoms with Gasteiger partial charge >= 0.3 is 5.63 Å². The highest BCUT2D eigenvalue weighted by Gasteiger charge is 2.13. The van der Waals surface area contributed by atoms with E-state index < -0.39 is 5.63 Å². The predicted octanol–water partition coefficient (Wildman–Crippen LogP) is 3.49. The van der Waals surface area contributed by atoms with E-state index in [2.05, 4.69) is 6.92 Å². The van der Waals surface area contributed by atoms with E-state index >= 15 is 0 Å². The van der Waals surface area contributed by atoms with Crippen LogP contribution in [0.5, 0.6) is 11.5 Å². The molecular formula is C18H24O6. The van der Waals surface area contributed by atoms with Crippen LogP contribution in [0.1, 0.15) is 31.9 Å². The molecule has 0 atom stereocenters. The van der Waals surface area contributed by atoms with Crippen molar-refractivity contribution in [2.24, 2.45) is 0 Å². The van der Waals surface area contributed by atoms with Crippen LogP contribution in [0.2, 0.25) is 0 Å². The average Bonchev–Trinajstić information content (AvgIpc) is 2.57. The lowest BCUT2D eigenvalue weighted by atomic mass is 10.1. The molecule has 0 radical (unpaired) electrons. The van der Waals surface area contributed by atoms with Crippen molar-refractivity contribution in [1.29, 1.82) is 0 Å². The first kappa shape index (κ1) is 18.3. The lowest BCUT2D eigenvalue weighted by Gasteiger charge is -2.12. The normalized spacial score (nSPS) is 11.0. The first-order chi connectivity index (χ1) is 11.7. The third kappa shape index (κ3) is 4.72. The number of fused-ring (bicyclic) bond motifs is 1. The summed E-state index contributed by atoms with van der Waals surface area (Å²) in [6.07, 6.45) is 3.93. The van der Waals surface area contributed by atoms with Crippen molar-refractivity contribution >= 4 is 10.8 Å². The molecule has 0 saturated carbocycles. The van der Waals surface area contributed by atoms with Crippen LogP contribution in [0.15, 0.2) is 27.4 Å². The molecule has 2 rings (SSSR count). The minimum absolute atomic E-state index is 0.0283. The standard InChI is InChI=1S/C18H24O6/c1-4-5-6-7-14-8-13-9-15(22-11-20-2)10-16(23-12-21-3)17(13)18(19)24-14/h8-10H,4-7,11-12H2,1-3H3. The van der Waals surface area contributed by atoms with Gasteiger partial charge < -0.3 is 23.4 Å². The number of hydrogen-bond acceptors (Lipinski definition) is 6. The Hall–Kier alpha value is -2.05.